The van der Waals surface area contributed by atoms with Gasteiger partial charge < -0.3 is 10.2 Å². The van der Waals surface area contributed by atoms with Crippen LogP contribution in [0.4, 0.5) is 5.13 Å². The number of hydrogen-bond donors (Lipinski definition) is 1. The molecule has 1 aliphatic carbocycles. The number of carbonyl (C=O) groups is 1. The van der Waals surface area contributed by atoms with E-state index >= 15 is 0 Å². The standard InChI is InChI=1S/C18H22ClN3OS/c19-14-5-2-6-15-17(14)21-18(24-15)22-9-7-12(8-10-22)11-16(23)20-13-3-1-4-13/h2,5-6,12-13H,1,3-4,7-11H2,(H,20,23). The maximum atomic E-state index is 12.1. The van der Waals surface area contributed by atoms with E-state index in [4.69, 9.17) is 16.6 Å². The lowest BCUT2D eigenvalue weighted by Gasteiger charge is -2.32. The number of nitrogens with zero attached hydrogens (tertiary/aromatic N) is 2. The van der Waals surface area contributed by atoms with E-state index < -0.39 is 0 Å². The molecule has 1 amide bonds. The zero-order chi connectivity index (χ0) is 16.5. The number of halogens is 1. The van der Waals surface area contributed by atoms with E-state index in [-0.39, 0.29) is 5.91 Å². The zero-order valence-electron chi connectivity index (χ0n) is 13.6. The topological polar surface area (TPSA) is 45.2 Å². The van der Waals surface area contributed by atoms with Gasteiger partial charge in [-0.15, -0.1) is 0 Å². The van der Waals surface area contributed by atoms with Gasteiger partial charge in [0.1, 0.15) is 5.52 Å². The van der Waals surface area contributed by atoms with Crippen molar-refractivity contribution in [2.24, 2.45) is 5.92 Å². The van der Waals surface area contributed by atoms with E-state index in [1.807, 2.05) is 12.1 Å². The second kappa shape index (κ2) is 6.89. The first-order valence-corrected chi connectivity index (χ1v) is 9.98. The van der Waals surface area contributed by atoms with Crippen molar-refractivity contribution in [2.45, 2.75) is 44.6 Å². The van der Waals surface area contributed by atoms with Crippen LogP contribution in [0, 0.1) is 5.92 Å². The summed E-state index contributed by atoms with van der Waals surface area (Å²) in [6, 6.07) is 6.38. The fraction of sp³-hybridized carbons (Fsp3) is 0.556. The lowest BCUT2D eigenvalue weighted by atomic mass is 9.91. The van der Waals surface area contributed by atoms with E-state index in [0.717, 1.165) is 59.1 Å². The zero-order valence-corrected chi connectivity index (χ0v) is 15.2. The van der Waals surface area contributed by atoms with Gasteiger partial charge in [0.15, 0.2) is 5.13 Å². The molecule has 2 heterocycles. The van der Waals surface area contributed by atoms with Gasteiger partial charge >= 0.3 is 0 Å². The molecule has 0 atom stereocenters. The summed E-state index contributed by atoms with van der Waals surface area (Å²) >= 11 is 7.93. The van der Waals surface area contributed by atoms with Gasteiger partial charge in [0.25, 0.3) is 0 Å². The average molecular weight is 364 g/mol. The molecule has 1 saturated heterocycles. The van der Waals surface area contributed by atoms with Crippen LogP contribution in [0.15, 0.2) is 18.2 Å². The first-order chi connectivity index (χ1) is 11.7. The third-order valence-corrected chi connectivity index (χ3v) is 6.57. The smallest absolute Gasteiger partial charge is 0.220 e. The highest BCUT2D eigenvalue weighted by molar-refractivity contribution is 7.22. The van der Waals surface area contributed by atoms with Crippen LogP contribution in [0.2, 0.25) is 5.02 Å². The van der Waals surface area contributed by atoms with E-state index in [2.05, 4.69) is 16.3 Å². The summed E-state index contributed by atoms with van der Waals surface area (Å²) in [5, 5.41) is 4.92. The Hall–Kier alpha value is -1.33. The molecule has 2 aromatic rings. The molecule has 6 heteroatoms. The summed E-state index contributed by atoms with van der Waals surface area (Å²) in [5.41, 5.74) is 0.904. The maximum absolute atomic E-state index is 12.1. The molecule has 4 nitrogen and oxygen atoms in total. The predicted octanol–water partition coefficient (Wildman–Crippen LogP) is 4.22. The number of fused-ring (bicyclic) bond motifs is 1. The SMILES string of the molecule is O=C(CC1CCN(c2nc3c(Cl)cccc3s2)CC1)NC1CCC1. The highest BCUT2D eigenvalue weighted by Gasteiger charge is 2.25. The van der Waals surface area contributed by atoms with Crippen LogP contribution in [-0.4, -0.2) is 30.0 Å². The minimum absolute atomic E-state index is 0.241. The molecule has 1 aromatic heterocycles. The number of amides is 1. The van der Waals surface area contributed by atoms with E-state index in [9.17, 15) is 4.79 Å². The molecular weight excluding hydrogens is 342 g/mol. The molecule has 0 spiro atoms. The van der Waals surface area contributed by atoms with E-state index in [0.29, 0.717) is 18.4 Å². The number of rotatable bonds is 4. The van der Waals surface area contributed by atoms with Crippen LogP contribution in [-0.2, 0) is 4.79 Å². The molecule has 1 saturated carbocycles. The van der Waals surface area contributed by atoms with Crippen LogP contribution in [0.1, 0.15) is 38.5 Å². The summed E-state index contributed by atoms with van der Waals surface area (Å²) < 4.78 is 1.14. The summed E-state index contributed by atoms with van der Waals surface area (Å²) in [6.45, 7) is 1.94. The lowest BCUT2D eigenvalue weighted by Crippen LogP contribution is -2.41. The monoisotopic (exact) mass is 363 g/mol. The molecule has 1 aromatic carbocycles. The largest absolute Gasteiger partial charge is 0.353 e. The van der Waals surface area contributed by atoms with E-state index in [1.54, 1.807) is 11.3 Å². The van der Waals surface area contributed by atoms with Crippen molar-refractivity contribution in [3.05, 3.63) is 23.2 Å². The van der Waals surface area contributed by atoms with Crippen molar-refractivity contribution < 1.29 is 4.79 Å². The Labute approximate surface area is 151 Å². The van der Waals surface area contributed by atoms with Gasteiger partial charge in [-0.25, -0.2) is 4.98 Å². The van der Waals surface area contributed by atoms with Crippen molar-refractivity contribution in [3.8, 4) is 0 Å². The van der Waals surface area contributed by atoms with Gasteiger partial charge in [0, 0.05) is 25.6 Å². The van der Waals surface area contributed by atoms with Crippen molar-refractivity contribution in [2.75, 3.05) is 18.0 Å². The fourth-order valence-corrected chi connectivity index (χ4v) is 4.79. The third kappa shape index (κ3) is 3.38. The summed E-state index contributed by atoms with van der Waals surface area (Å²) in [4.78, 5) is 19.1. The molecule has 1 N–H and O–H groups in total. The van der Waals surface area contributed by atoms with Crippen molar-refractivity contribution >= 4 is 44.2 Å². The first-order valence-electron chi connectivity index (χ1n) is 8.78. The predicted molar refractivity (Wildman–Crippen MR) is 100.0 cm³/mol. The van der Waals surface area contributed by atoms with Crippen LogP contribution in [0.25, 0.3) is 10.2 Å². The summed E-state index contributed by atoms with van der Waals surface area (Å²) in [7, 11) is 0. The van der Waals surface area contributed by atoms with Gasteiger partial charge in [-0.05, 0) is 50.2 Å². The molecule has 24 heavy (non-hydrogen) atoms. The first kappa shape index (κ1) is 16.2. The number of para-hydroxylation sites is 1. The highest BCUT2D eigenvalue weighted by atomic mass is 35.5. The van der Waals surface area contributed by atoms with Crippen LogP contribution in [0.5, 0.6) is 0 Å². The quantitative estimate of drug-likeness (QED) is 0.884. The number of nitrogens with one attached hydrogen (secondary N) is 1. The number of benzene rings is 1. The molecule has 2 fully saturated rings. The molecule has 2 aliphatic rings. The molecule has 0 unspecified atom stereocenters. The van der Waals surface area contributed by atoms with Gasteiger partial charge in [-0.3, -0.25) is 4.79 Å². The molecule has 1 aliphatic heterocycles. The normalized spacial score (nSPS) is 19.5. The van der Waals surface area contributed by atoms with Crippen molar-refractivity contribution in [1.29, 1.82) is 0 Å². The van der Waals surface area contributed by atoms with Crippen LogP contribution >= 0.6 is 22.9 Å². The molecule has 128 valence electrons. The Morgan fingerprint density at radius 2 is 2.08 bits per heavy atom. The number of hydrogen-bond acceptors (Lipinski definition) is 4. The fourth-order valence-electron chi connectivity index (χ4n) is 3.47. The van der Waals surface area contributed by atoms with E-state index in [1.165, 1.54) is 6.42 Å². The second-order valence-corrected chi connectivity index (χ2v) is 8.33. The molecule has 4 rings (SSSR count). The second-order valence-electron chi connectivity index (χ2n) is 6.91. The minimum atomic E-state index is 0.241. The Morgan fingerprint density at radius 3 is 2.75 bits per heavy atom. The number of thiazole rings is 1. The average Bonchev–Trinajstić information content (AvgIpc) is 2.97. The summed E-state index contributed by atoms with van der Waals surface area (Å²) in [5.74, 6) is 0.740. The number of piperidine rings is 1. The third-order valence-electron chi connectivity index (χ3n) is 5.19. The molecule has 0 bridgehead atoms. The van der Waals surface area contributed by atoms with Crippen molar-refractivity contribution in [3.63, 3.8) is 0 Å². The van der Waals surface area contributed by atoms with Gasteiger partial charge in [0.2, 0.25) is 5.91 Å². The Bertz CT molecular complexity index is 735. The Kier molecular flexibility index (Phi) is 4.63. The van der Waals surface area contributed by atoms with Gasteiger partial charge in [0.05, 0.1) is 9.72 Å². The van der Waals surface area contributed by atoms with Gasteiger partial charge in [-0.1, -0.05) is 29.0 Å². The number of carbonyl (C=O) groups excluding carboxylic acids is 1. The number of aromatic nitrogens is 1. The Morgan fingerprint density at radius 1 is 1.29 bits per heavy atom. The maximum Gasteiger partial charge on any atom is 0.220 e. The molecular formula is C18H22ClN3OS. The lowest BCUT2D eigenvalue weighted by molar-refractivity contribution is -0.123. The van der Waals surface area contributed by atoms with Crippen LogP contribution in [0.3, 0.4) is 0 Å². The summed E-state index contributed by atoms with van der Waals surface area (Å²) in [6.07, 6.45) is 6.36. The highest BCUT2D eigenvalue weighted by Crippen LogP contribution is 2.34. The molecule has 0 radical (unpaired) electrons. The van der Waals surface area contributed by atoms with Gasteiger partial charge in [-0.2, -0.15) is 0 Å². The minimum Gasteiger partial charge on any atom is -0.353 e. The van der Waals surface area contributed by atoms with Crippen LogP contribution < -0.4 is 10.2 Å². The Balaban J connectivity index is 1.33. The number of anilines is 1. The van der Waals surface area contributed by atoms with Crippen molar-refractivity contribution in [1.82, 2.24) is 10.3 Å².